The molecule has 0 spiro atoms. The summed E-state index contributed by atoms with van der Waals surface area (Å²) in [6.45, 7) is 5.13. The highest BCUT2D eigenvalue weighted by Gasteiger charge is 2.33. The number of benzene rings is 1. The monoisotopic (exact) mass is 427 g/mol. The number of rotatable bonds is 7. The Labute approximate surface area is 183 Å². The van der Waals surface area contributed by atoms with Crippen molar-refractivity contribution >= 4 is 5.91 Å². The molecule has 2 fully saturated rings. The summed E-state index contributed by atoms with van der Waals surface area (Å²) < 4.78 is 6.85. The fourth-order valence-electron chi connectivity index (χ4n) is 4.60. The molecule has 1 amide bonds. The second-order valence-electron chi connectivity index (χ2n) is 8.98. The molecule has 31 heavy (non-hydrogen) atoms. The second-order valence-corrected chi connectivity index (χ2v) is 8.98. The molecule has 8 nitrogen and oxygen atoms in total. The van der Waals surface area contributed by atoms with Crippen LogP contribution >= 0.6 is 0 Å². The van der Waals surface area contributed by atoms with Gasteiger partial charge in [0, 0.05) is 46.4 Å². The number of ether oxygens (including phenoxy) is 1. The van der Waals surface area contributed by atoms with Crippen molar-refractivity contribution in [3.63, 3.8) is 0 Å². The van der Waals surface area contributed by atoms with E-state index >= 15 is 0 Å². The van der Waals surface area contributed by atoms with E-state index in [1.54, 1.807) is 18.0 Å². The van der Waals surface area contributed by atoms with Crippen molar-refractivity contribution in [3.8, 4) is 0 Å². The van der Waals surface area contributed by atoms with E-state index in [9.17, 15) is 9.90 Å². The first-order valence-electron chi connectivity index (χ1n) is 11.2. The Morgan fingerprint density at radius 1 is 1.16 bits per heavy atom. The largest absolute Gasteiger partial charge is 0.388 e. The predicted octanol–water partition coefficient (Wildman–Crippen LogP) is 1.80. The van der Waals surface area contributed by atoms with E-state index in [0.29, 0.717) is 31.0 Å². The molecular weight excluding hydrogens is 394 g/mol. The van der Waals surface area contributed by atoms with Crippen LogP contribution in [0.2, 0.25) is 0 Å². The summed E-state index contributed by atoms with van der Waals surface area (Å²) in [6, 6.07) is 10.4. The van der Waals surface area contributed by atoms with Crippen LogP contribution in [-0.2, 0) is 17.8 Å². The van der Waals surface area contributed by atoms with Gasteiger partial charge in [-0.05, 0) is 37.2 Å². The molecular formula is C23H33N5O3. The Bertz CT molecular complexity index is 840. The molecule has 8 heteroatoms. The van der Waals surface area contributed by atoms with Gasteiger partial charge >= 0.3 is 0 Å². The molecule has 2 aliphatic heterocycles. The molecule has 0 bridgehead atoms. The first-order valence-corrected chi connectivity index (χ1v) is 11.2. The number of methoxy groups -OCH3 is 1. The van der Waals surface area contributed by atoms with Gasteiger partial charge in [-0.2, -0.15) is 0 Å². The lowest BCUT2D eigenvalue weighted by Crippen LogP contribution is -2.46. The maximum absolute atomic E-state index is 12.8. The van der Waals surface area contributed by atoms with Gasteiger partial charge < -0.3 is 14.7 Å². The smallest absolute Gasteiger partial charge is 0.276 e. The Morgan fingerprint density at radius 2 is 1.87 bits per heavy atom. The maximum atomic E-state index is 12.8. The van der Waals surface area contributed by atoms with Crippen molar-refractivity contribution in [2.75, 3.05) is 39.9 Å². The predicted molar refractivity (Wildman–Crippen MR) is 116 cm³/mol. The first kappa shape index (κ1) is 21.9. The van der Waals surface area contributed by atoms with Gasteiger partial charge in [0.1, 0.15) is 0 Å². The molecule has 2 aliphatic rings. The summed E-state index contributed by atoms with van der Waals surface area (Å²) >= 11 is 0. The summed E-state index contributed by atoms with van der Waals surface area (Å²) in [5.74, 6) is 0.443. The van der Waals surface area contributed by atoms with Crippen LogP contribution in [0.3, 0.4) is 0 Å². The van der Waals surface area contributed by atoms with Gasteiger partial charge in [-0.15, -0.1) is 5.10 Å². The quantitative estimate of drug-likeness (QED) is 0.726. The summed E-state index contributed by atoms with van der Waals surface area (Å²) in [5, 5.41) is 19.3. The van der Waals surface area contributed by atoms with E-state index in [2.05, 4.69) is 39.5 Å². The fraction of sp³-hybridized carbons (Fsp3) is 0.609. The molecule has 0 aliphatic carbocycles. The molecule has 1 aromatic heterocycles. The SMILES string of the molecule is COCC1CCN(C(=O)c2cn(CC3(O)CCN(Cc4ccccc4)CC3)nn2)CC1. The highest BCUT2D eigenvalue weighted by molar-refractivity contribution is 5.91. The van der Waals surface area contributed by atoms with E-state index < -0.39 is 5.60 Å². The number of amides is 1. The van der Waals surface area contributed by atoms with Crippen molar-refractivity contribution in [3.05, 3.63) is 47.8 Å². The van der Waals surface area contributed by atoms with Crippen molar-refractivity contribution in [1.29, 1.82) is 0 Å². The van der Waals surface area contributed by atoms with Crippen molar-refractivity contribution in [1.82, 2.24) is 24.8 Å². The summed E-state index contributed by atoms with van der Waals surface area (Å²) in [6.07, 6.45) is 4.93. The minimum absolute atomic E-state index is 0.0770. The van der Waals surface area contributed by atoms with Crippen LogP contribution in [0.5, 0.6) is 0 Å². The lowest BCUT2D eigenvalue weighted by molar-refractivity contribution is -0.0383. The number of carbonyl (C=O) groups is 1. The topological polar surface area (TPSA) is 83.7 Å². The summed E-state index contributed by atoms with van der Waals surface area (Å²) in [5.41, 5.74) is 0.827. The number of hydrogen-bond acceptors (Lipinski definition) is 6. The molecule has 0 saturated carbocycles. The third-order valence-electron chi connectivity index (χ3n) is 6.55. The lowest BCUT2D eigenvalue weighted by Gasteiger charge is -2.38. The number of carbonyl (C=O) groups excluding carboxylic acids is 1. The number of likely N-dealkylation sites (tertiary alicyclic amines) is 2. The van der Waals surface area contributed by atoms with Gasteiger partial charge in [-0.1, -0.05) is 35.5 Å². The van der Waals surface area contributed by atoms with Gasteiger partial charge in [0.15, 0.2) is 5.69 Å². The number of hydrogen-bond donors (Lipinski definition) is 1. The van der Waals surface area contributed by atoms with E-state index in [-0.39, 0.29) is 5.91 Å². The molecule has 4 rings (SSSR count). The van der Waals surface area contributed by atoms with E-state index in [1.807, 2.05) is 11.0 Å². The van der Waals surface area contributed by atoms with E-state index in [4.69, 9.17) is 4.74 Å². The van der Waals surface area contributed by atoms with Crippen LogP contribution in [0.4, 0.5) is 0 Å². The molecule has 2 aromatic rings. The molecule has 1 aromatic carbocycles. The minimum Gasteiger partial charge on any atom is -0.388 e. The van der Waals surface area contributed by atoms with Crippen LogP contribution in [0, 0.1) is 5.92 Å². The normalized spacial score (nSPS) is 20.1. The van der Waals surface area contributed by atoms with Gasteiger partial charge in [0.05, 0.1) is 18.3 Å². The summed E-state index contributed by atoms with van der Waals surface area (Å²) in [7, 11) is 1.72. The van der Waals surface area contributed by atoms with Gasteiger partial charge in [0.25, 0.3) is 5.91 Å². The third kappa shape index (κ3) is 5.70. The van der Waals surface area contributed by atoms with Crippen molar-refractivity contribution in [2.45, 2.75) is 44.4 Å². The lowest BCUT2D eigenvalue weighted by atomic mass is 9.91. The van der Waals surface area contributed by atoms with Crippen LogP contribution in [-0.4, -0.2) is 81.3 Å². The third-order valence-corrected chi connectivity index (χ3v) is 6.55. The van der Waals surface area contributed by atoms with Crippen molar-refractivity contribution < 1.29 is 14.6 Å². The van der Waals surface area contributed by atoms with Crippen molar-refractivity contribution in [2.24, 2.45) is 5.92 Å². The Kier molecular flexibility index (Phi) is 6.99. The number of nitrogens with zero attached hydrogens (tertiary/aromatic N) is 5. The Balaban J connectivity index is 1.27. The molecule has 0 radical (unpaired) electrons. The van der Waals surface area contributed by atoms with Crippen LogP contribution in [0.25, 0.3) is 0 Å². The average Bonchev–Trinajstić information content (AvgIpc) is 3.24. The zero-order valence-corrected chi connectivity index (χ0v) is 18.3. The highest BCUT2D eigenvalue weighted by atomic mass is 16.5. The van der Waals surface area contributed by atoms with Crippen LogP contribution < -0.4 is 0 Å². The summed E-state index contributed by atoms with van der Waals surface area (Å²) in [4.78, 5) is 17.0. The molecule has 2 saturated heterocycles. The van der Waals surface area contributed by atoms with E-state index in [1.165, 1.54) is 5.56 Å². The van der Waals surface area contributed by atoms with Gasteiger partial charge in [0.2, 0.25) is 0 Å². The number of aromatic nitrogens is 3. The van der Waals surface area contributed by atoms with Gasteiger partial charge in [-0.25, -0.2) is 4.68 Å². The molecule has 0 atom stereocenters. The number of piperidine rings is 2. The standard InChI is InChI=1S/C23H33N5O3/c1-31-17-20-7-11-27(12-8-20)22(29)21-16-28(25-24-21)18-23(30)9-13-26(14-10-23)15-19-5-3-2-4-6-19/h2-6,16,20,30H,7-15,17-18H2,1H3. The first-order chi connectivity index (χ1) is 15.0. The molecule has 168 valence electrons. The van der Waals surface area contributed by atoms with Crippen LogP contribution in [0.15, 0.2) is 36.5 Å². The number of aliphatic hydroxyl groups is 1. The molecule has 1 N–H and O–H groups in total. The second kappa shape index (κ2) is 9.89. The molecule has 3 heterocycles. The average molecular weight is 428 g/mol. The Hall–Kier alpha value is -2.29. The zero-order chi connectivity index (χ0) is 21.7. The van der Waals surface area contributed by atoms with E-state index in [0.717, 1.165) is 52.2 Å². The zero-order valence-electron chi connectivity index (χ0n) is 18.3. The highest BCUT2D eigenvalue weighted by Crippen LogP contribution is 2.25. The molecule has 0 unspecified atom stereocenters. The minimum atomic E-state index is -0.820. The van der Waals surface area contributed by atoms with Gasteiger partial charge in [-0.3, -0.25) is 9.69 Å². The fourth-order valence-corrected chi connectivity index (χ4v) is 4.60. The maximum Gasteiger partial charge on any atom is 0.276 e. The Morgan fingerprint density at radius 3 is 2.55 bits per heavy atom. The van der Waals surface area contributed by atoms with Crippen LogP contribution in [0.1, 0.15) is 41.7 Å².